The van der Waals surface area contributed by atoms with Crippen LogP contribution in [0, 0.1) is 17.1 Å². The Morgan fingerprint density at radius 2 is 1.66 bits per heavy atom. The van der Waals surface area contributed by atoms with Crippen molar-refractivity contribution in [3.63, 3.8) is 0 Å². The van der Waals surface area contributed by atoms with Gasteiger partial charge < -0.3 is 4.23 Å². The predicted molar refractivity (Wildman–Crippen MR) is 121 cm³/mol. The van der Waals surface area contributed by atoms with E-state index in [1.165, 1.54) is 12.1 Å². The van der Waals surface area contributed by atoms with E-state index in [1.54, 1.807) is 6.20 Å². The summed E-state index contributed by atoms with van der Waals surface area (Å²) >= 11 is 3.39. The molecular weight excluding hydrogens is 473 g/mol. The fourth-order valence-electron chi connectivity index (χ4n) is 4.59. The summed E-state index contributed by atoms with van der Waals surface area (Å²) in [6.07, 6.45) is 3.51. The molecule has 158 valence electrons. The number of nitrogens with one attached hydrogen (secondary N) is 1. The summed E-state index contributed by atoms with van der Waals surface area (Å²) in [5.41, 5.74) is 1.10. The minimum Gasteiger partial charge on any atom is -0.377 e. The van der Waals surface area contributed by atoms with Crippen LogP contribution in [0.15, 0.2) is 40.0 Å². The molecule has 0 spiro atoms. The lowest BCUT2D eigenvalue weighted by atomic mass is 10.2. The number of halogens is 2. The van der Waals surface area contributed by atoms with Crippen LogP contribution in [0.4, 0.5) is 10.1 Å². The predicted octanol–water partition coefficient (Wildman–Crippen LogP) is 6.09. The fraction of sp³-hybridized carbons (Fsp3) is 0.450. The van der Waals surface area contributed by atoms with Gasteiger partial charge in [-0.25, -0.2) is 12.8 Å². The quantitative estimate of drug-likeness (QED) is 0.468. The van der Waals surface area contributed by atoms with Gasteiger partial charge in [-0.3, -0.25) is 4.72 Å². The average molecular weight is 501 g/mol. The summed E-state index contributed by atoms with van der Waals surface area (Å²) in [6.45, 7) is 13.2. The molecule has 1 aromatic heterocycles. The highest BCUT2D eigenvalue weighted by molar-refractivity contribution is 9.10. The molecule has 2 rings (SSSR count). The number of sulfonamides is 1. The molecule has 0 bridgehead atoms. The molecule has 29 heavy (non-hydrogen) atoms. The SMILES string of the molecule is CC(C)[Si](C(C)C)(C(C)C)n1cc(Br)c(S(=O)(=O)Nc2ccc(C#N)cc2F)c1. The third kappa shape index (κ3) is 4.30. The molecule has 0 radical (unpaired) electrons. The van der Waals surface area contributed by atoms with Gasteiger partial charge in [0.1, 0.15) is 10.7 Å². The van der Waals surface area contributed by atoms with Crippen LogP contribution in [0.2, 0.25) is 16.6 Å². The number of benzene rings is 1. The summed E-state index contributed by atoms with van der Waals surface area (Å²) in [6, 6.07) is 5.46. The van der Waals surface area contributed by atoms with Gasteiger partial charge in [-0.15, -0.1) is 0 Å². The number of hydrogen-bond acceptors (Lipinski definition) is 3. The summed E-state index contributed by atoms with van der Waals surface area (Å²) in [7, 11) is -6.15. The fourth-order valence-corrected chi connectivity index (χ4v) is 13.5. The van der Waals surface area contributed by atoms with Crippen molar-refractivity contribution < 1.29 is 12.8 Å². The van der Waals surface area contributed by atoms with Gasteiger partial charge in [0.2, 0.25) is 0 Å². The molecule has 5 nitrogen and oxygen atoms in total. The maximum absolute atomic E-state index is 14.2. The largest absolute Gasteiger partial charge is 0.377 e. The monoisotopic (exact) mass is 499 g/mol. The van der Waals surface area contributed by atoms with Crippen LogP contribution in [0.25, 0.3) is 0 Å². The number of nitrogens with zero attached hydrogens (tertiary/aromatic N) is 2. The van der Waals surface area contributed by atoms with Gasteiger partial charge >= 0.3 is 0 Å². The number of hydrogen-bond donors (Lipinski definition) is 1. The smallest absolute Gasteiger partial charge is 0.264 e. The van der Waals surface area contributed by atoms with Gasteiger partial charge in [0.25, 0.3) is 10.0 Å². The first-order valence-electron chi connectivity index (χ1n) is 9.48. The summed E-state index contributed by atoms with van der Waals surface area (Å²) in [5.74, 6) is -0.793. The zero-order valence-corrected chi connectivity index (χ0v) is 20.9. The molecule has 0 fully saturated rings. The number of aromatic nitrogens is 1. The molecule has 0 atom stereocenters. The first-order valence-corrected chi connectivity index (χ1v) is 13.9. The van der Waals surface area contributed by atoms with Gasteiger partial charge in [0, 0.05) is 12.4 Å². The molecule has 0 aliphatic rings. The van der Waals surface area contributed by atoms with Crippen molar-refractivity contribution in [1.82, 2.24) is 4.23 Å². The Hall–Kier alpha value is -1.63. The molecule has 2 aromatic rings. The van der Waals surface area contributed by atoms with Crippen molar-refractivity contribution in [1.29, 1.82) is 5.26 Å². The van der Waals surface area contributed by atoms with Gasteiger partial charge in [0.15, 0.2) is 8.24 Å². The lowest BCUT2D eigenvalue weighted by molar-refractivity contribution is 0.598. The molecule has 0 amide bonds. The van der Waals surface area contributed by atoms with E-state index in [9.17, 15) is 12.8 Å². The summed E-state index contributed by atoms with van der Waals surface area (Å²) < 4.78 is 45.1. The van der Waals surface area contributed by atoms with Crippen LogP contribution in [-0.4, -0.2) is 20.9 Å². The standard InChI is InChI=1S/C20H27BrFN3O2SSi/c1-13(2)29(14(3)4,15(5)6)25-11-17(21)20(12-25)28(26,27)24-19-8-7-16(10-23)9-18(19)22/h7-9,11-15,24H,1-6H3. The normalized spacial score (nSPS) is 12.6. The first-order chi connectivity index (χ1) is 13.4. The summed E-state index contributed by atoms with van der Waals surface area (Å²) in [5, 5.41) is 8.85. The van der Waals surface area contributed by atoms with E-state index >= 15 is 0 Å². The van der Waals surface area contributed by atoms with E-state index in [1.807, 2.05) is 12.3 Å². The lowest BCUT2D eigenvalue weighted by Crippen LogP contribution is -2.51. The highest BCUT2D eigenvalue weighted by Gasteiger charge is 2.45. The number of anilines is 1. The van der Waals surface area contributed by atoms with Crippen molar-refractivity contribution in [3.05, 3.63) is 46.4 Å². The van der Waals surface area contributed by atoms with Crippen molar-refractivity contribution in [2.75, 3.05) is 4.72 Å². The van der Waals surface area contributed by atoms with Crippen LogP contribution in [0.5, 0.6) is 0 Å². The molecule has 0 saturated carbocycles. The molecule has 0 unspecified atom stereocenters. The number of rotatable bonds is 7. The zero-order valence-electron chi connectivity index (χ0n) is 17.5. The maximum atomic E-state index is 14.2. The second-order valence-corrected chi connectivity index (χ2v) is 16.4. The van der Waals surface area contributed by atoms with E-state index in [-0.39, 0.29) is 16.1 Å². The molecular formula is C20H27BrFN3O2SSi. The van der Waals surface area contributed by atoms with E-state index in [0.29, 0.717) is 21.1 Å². The van der Waals surface area contributed by atoms with Crippen LogP contribution in [0.3, 0.4) is 0 Å². The molecule has 0 saturated heterocycles. The Bertz CT molecular complexity index is 1020. The molecule has 0 aliphatic carbocycles. The van der Waals surface area contributed by atoms with Gasteiger partial charge in [-0.2, -0.15) is 5.26 Å². The molecule has 1 aromatic carbocycles. The lowest BCUT2D eigenvalue weighted by Gasteiger charge is -2.44. The molecule has 0 aliphatic heterocycles. The van der Waals surface area contributed by atoms with Crippen molar-refractivity contribution in [2.45, 2.75) is 63.1 Å². The average Bonchev–Trinajstić information content (AvgIpc) is 2.98. The Kier molecular flexibility index (Phi) is 7.03. The second kappa shape index (κ2) is 8.62. The Morgan fingerprint density at radius 1 is 1.10 bits per heavy atom. The second-order valence-electron chi connectivity index (χ2n) is 8.14. The number of nitriles is 1. The summed E-state index contributed by atoms with van der Waals surface area (Å²) in [4.78, 5) is 0.0695. The van der Waals surface area contributed by atoms with Gasteiger partial charge in [-0.05, 0) is 50.8 Å². The Morgan fingerprint density at radius 3 is 2.10 bits per heavy atom. The molecule has 9 heteroatoms. The first kappa shape index (κ1) is 23.6. The minimum atomic E-state index is -4.02. The van der Waals surface area contributed by atoms with E-state index < -0.39 is 24.1 Å². The molecule has 1 heterocycles. The van der Waals surface area contributed by atoms with E-state index in [4.69, 9.17) is 5.26 Å². The van der Waals surface area contributed by atoms with Crippen LogP contribution < -0.4 is 4.72 Å². The zero-order chi connectivity index (χ0) is 22.1. The Labute approximate surface area is 182 Å². The van der Waals surface area contributed by atoms with Crippen molar-refractivity contribution in [2.24, 2.45) is 0 Å². The minimum absolute atomic E-state index is 0.0695. The maximum Gasteiger partial charge on any atom is 0.264 e. The molecule has 1 N–H and O–H groups in total. The van der Waals surface area contributed by atoms with E-state index in [0.717, 1.165) is 6.07 Å². The van der Waals surface area contributed by atoms with Crippen LogP contribution in [-0.2, 0) is 10.0 Å². The van der Waals surface area contributed by atoms with Crippen molar-refractivity contribution >= 4 is 39.9 Å². The highest BCUT2D eigenvalue weighted by Crippen LogP contribution is 2.44. The third-order valence-corrected chi connectivity index (χ3v) is 14.6. The van der Waals surface area contributed by atoms with Crippen LogP contribution in [0.1, 0.15) is 47.1 Å². The van der Waals surface area contributed by atoms with Gasteiger partial charge in [0.05, 0.1) is 21.8 Å². The van der Waals surface area contributed by atoms with Gasteiger partial charge in [-0.1, -0.05) is 41.5 Å². The topological polar surface area (TPSA) is 74.9 Å². The Balaban J connectivity index is 2.54. The van der Waals surface area contributed by atoms with E-state index in [2.05, 4.69) is 66.4 Å². The van der Waals surface area contributed by atoms with Crippen molar-refractivity contribution in [3.8, 4) is 6.07 Å². The third-order valence-electron chi connectivity index (χ3n) is 5.60. The highest BCUT2D eigenvalue weighted by atomic mass is 79.9. The van der Waals surface area contributed by atoms with Crippen LogP contribution >= 0.6 is 15.9 Å².